The molecule has 1 atom stereocenters. The summed E-state index contributed by atoms with van der Waals surface area (Å²) >= 11 is 0. The molecule has 1 N–H and O–H groups in total. The summed E-state index contributed by atoms with van der Waals surface area (Å²) in [6.07, 6.45) is 1.47. The van der Waals surface area contributed by atoms with Gasteiger partial charge >= 0.3 is 15.5 Å². The van der Waals surface area contributed by atoms with E-state index < -0.39 is 62.8 Å². The van der Waals surface area contributed by atoms with Gasteiger partial charge in [0.25, 0.3) is 20.0 Å². The number of nitrogens with zero attached hydrogens (tertiary/aromatic N) is 3. The van der Waals surface area contributed by atoms with Crippen molar-refractivity contribution in [2.45, 2.75) is 40.7 Å². The first-order chi connectivity index (χ1) is 17.6. The second kappa shape index (κ2) is 8.70. The van der Waals surface area contributed by atoms with Crippen LogP contribution >= 0.6 is 0 Å². The second-order valence-electron chi connectivity index (χ2n) is 9.19. The van der Waals surface area contributed by atoms with Crippen LogP contribution in [0.5, 0.6) is 0 Å². The number of hydrogen-bond acceptors (Lipinski definition) is 7. The van der Waals surface area contributed by atoms with Crippen LogP contribution in [0.2, 0.25) is 0 Å². The summed E-state index contributed by atoms with van der Waals surface area (Å²) < 4.78 is 133. The third-order valence-corrected chi connectivity index (χ3v) is 11.9. The van der Waals surface area contributed by atoms with Gasteiger partial charge in [-0.3, -0.25) is 0 Å². The first kappa shape index (κ1) is 27.0. The molecular weight excluding hydrogens is 576 g/mol. The SMILES string of the molecule is O=S(=O)(c1cc2cccnc2n1S(=O)(=O)c1ccccc1F)N1CCC2(CC1)CC2NS(=O)(=O)C(F)(F)F. The van der Waals surface area contributed by atoms with Gasteiger partial charge in [-0.2, -0.15) is 17.5 Å². The van der Waals surface area contributed by atoms with Gasteiger partial charge in [-0.05, 0) is 55.0 Å². The Hall–Kier alpha value is -2.60. The smallest absolute Gasteiger partial charge is 0.237 e. The first-order valence-electron chi connectivity index (χ1n) is 11.2. The van der Waals surface area contributed by atoms with Crippen LogP contribution in [0, 0.1) is 11.2 Å². The lowest BCUT2D eigenvalue weighted by Gasteiger charge is -2.32. The van der Waals surface area contributed by atoms with E-state index in [1.165, 1.54) is 30.5 Å². The number of benzene rings is 1. The second-order valence-corrected chi connectivity index (χ2v) is 14.5. The predicted octanol–water partition coefficient (Wildman–Crippen LogP) is 2.39. The number of halogens is 4. The van der Waals surface area contributed by atoms with E-state index in [0.29, 0.717) is 3.97 Å². The van der Waals surface area contributed by atoms with Crippen molar-refractivity contribution in [2.24, 2.45) is 5.41 Å². The fraction of sp³-hybridized carbons (Fsp3) is 0.381. The molecule has 3 heterocycles. The van der Waals surface area contributed by atoms with Crippen molar-refractivity contribution in [3.8, 4) is 0 Å². The summed E-state index contributed by atoms with van der Waals surface area (Å²) in [5, 5.41) is -0.501. The lowest BCUT2D eigenvalue weighted by atomic mass is 9.94. The number of rotatable bonds is 6. The standard InChI is InChI=1S/C21H20F4N4O6S3/c22-15-5-1-2-6-16(15)36(30,31)29-18(12-14-4-3-9-26-19(14)29)37(32,33)28-10-7-20(8-11-28)13-17(20)27-38(34,35)21(23,24)25/h1-6,9,12,17,27H,7-8,10-11,13H2. The maximum absolute atomic E-state index is 14.5. The quantitative estimate of drug-likeness (QED) is 0.432. The third kappa shape index (κ3) is 4.29. The van der Waals surface area contributed by atoms with E-state index in [1.54, 1.807) is 4.72 Å². The molecule has 2 aromatic heterocycles. The molecule has 1 aliphatic carbocycles. The van der Waals surface area contributed by atoms with Gasteiger partial charge in [-0.25, -0.2) is 43.3 Å². The van der Waals surface area contributed by atoms with E-state index in [-0.39, 0.29) is 43.4 Å². The van der Waals surface area contributed by atoms with Crippen molar-refractivity contribution in [1.29, 1.82) is 0 Å². The van der Waals surface area contributed by atoms with Crippen LogP contribution in [-0.4, -0.2) is 63.2 Å². The molecule has 0 radical (unpaired) electrons. The molecule has 38 heavy (non-hydrogen) atoms. The van der Waals surface area contributed by atoms with Crippen LogP contribution in [-0.2, 0) is 30.1 Å². The number of hydrogen-bond donors (Lipinski definition) is 1. The molecular formula is C21H20F4N4O6S3. The van der Waals surface area contributed by atoms with Crippen molar-refractivity contribution < 1.29 is 42.8 Å². The van der Waals surface area contributed by atoms with Crippen molar-refractivity contribution in [2.75, 3.05) is 13.1 Å². The van der Waals surface area contributed by atoms with Crippen molar-refractivity contribution in [3.63, 3.8) is 0 Å². The fourth-order valence-corrected chi connectivity index (χ4v) is 9.13. The van der Waals surface area contributed by atoms with Crippen LogP contribution in [0.25, 0.3) is 11.0 Å². The Kier molecular flexibility index (Phi) is 6.18. The van der Waals surface area contributed by atoms with Gasteiger partial charge in [0, 0.05) is 30.7 Å². The summed E-state index contributed by atoms with van der Waals surface area (Å²) in [7, 11) is -14.8. The van der Waals surface area contributed by atoms with Crippen molar-refractivity contribution in [3.05, 3.63) is 54.5 Å². The molecule has 206 valence electrons. The number of piperidine rings is 1. The van der Waals surface area contributed by atoms with Gasteiger partial charge in [0.1, 0.15) is 10.7 Å². The molecule has 1 saturated carbocycles. The summed E-state index contributed by atoms with van der Waals surface area (Å²) in [6.45, 7) is -0.386. The van der Waals surface area contributed by atoms with Crippen molar-refractivity contribution in [1.82, 2.24) is 18.0 Å². The largest absolute Gasteiger partial charge is 0.511 e. The predicted molar refractivity (Wildman–Crippen MR) is 126 cm³/mol. The van der Waals surface area contributed by atoms with Gasteiger partial charge < -0.3 is 0 Å². The number of alkyl halides is 3. The van der Waals surface area contributed by atoms with E-state index in [0.717, 1.165) is 22.5 Å². The maximum atomic E-state index is 14.5. The Bertz CT molecular complexity index is 1750. The molecule has 2 fully saturated rings. The maximum Gasteiger partial charge on any atom is 0.511 e. The lowest BCUT2D eigenvalue weighted by Crippen LogP contribution is -2.44. The summed E-state index contributed by atoms with van der Waals surface area (Å²) in [5.41, 5.74) is -6.53. The topological polar surface area (TPSA) is 136 Å². The summed E-state index contributed by atoms with van der Waals surface area (Å²) in [4.78, 5) is 3.25. The molecule has 10 nitrogen and oxygen atoms in total. The van der Waals surface area contributed by atoms with Crippen LogP contribution in [0.4, 0.5) is 17.6 Å². The van der Waals surface area contributed by atoms with Crippen molar-refractivity contribution >= 4 is 41.1 Å². The average Bonchev–Trinajstić information content (AvgIpc) is 3.30. The lowest BCUT2D eigenvalue weighted by molar-refractivity contribution is -0.0449. The van der Waals surface area contributed by atoms with Gasteiger partial charge in [0.05, 0.1) is 0 Å². The minimum atomic E-state index is -5.55. The van der Waals surface area contributed by atoms with Gasteiger partial charge in [0.15, 0.2) is 10.7 Å². The summed E-state index contributed by atoms with van der Waals surface area (Å²) in [5.74, 6) is -1.09. The Balaban J connectivity index is 1.47. The summed E-state index contributed by atoms with van der Waals surface area (Å²) in [6, 6.07) is 7.52. The normalized spacial score (nSPS) is 20.7. The molecule has 2 aliphatic rings. The Labute approximate surface area is 215 Å². The molecule has 5 rings (SSSR count). The number of sulfonamides is 2. The zero-order valence-electron chi connectivity index (χ0n) is 19.3. The zero-order chi connectivity index (χ0) is 27.7. The molecule has 0 bridgehead atoms. The van der Waals surface area contributed by atoms with E-state index in [1.807, 2.05) is 0 Å². The number of nitrogens with one attached hydrogen (secondary N) is 1. The van der Waals surface area contributed by atoms with E-state index in [2.05, 4.69) is 4.98 Å². The molecule has 1 spiro atoms. The van der Waals surface area contributed by atoms with Crippen LogP contribution in [0.1, 0.15) is 19.3 Å². The highest BCUT2D eigenvalue weighted by Crippen LogP contribution is 2.55. The highest BCUT2D eigenvalue weighted by atomic mass is 32.2. The molecule has 3 aromatic rings. The average molecular weight is 597 g/mol. The van der Waals surface area contributed by atoms with Crippen LogP contribution in [0.15, 0.2) is 58.6 Å². The Morgan fingerprint density at radius 1 is 0.947 bits per heavy atom. The van der Waals surface area contributed by atoms with E-state index >= 15 is 0 Å². The van der Waals surface area contributed by atoms with E-state index in [9.17, 15) is 42.8 Å². The molecule has 1 unspecified atom stereocenters. The number of aromatic nitrogens is 2. The van der Waals surface area contributed by atoms with Gasteiger partial charge in [-0.1, -0.05) is 12.1 Å². The van der Waals surface area contributed by atoms with Gasteiger partial charge in [0.2, 0.25) is 0 Å². The first-order valence-corrected chi connectivity index (χ1v) is 15.5. The Morgan fingerprint density at radius 2 is 1.61 bits per heavy atom. The highest BCUT2D eigenvalue weighted by molar-refractivity contribution is 7.92. The monoisotopic (exact) mass is 596 g/mol. The zero-order valence-corrected chi connectivity index (χ0v) is 21.7. The Morgan fingerprint density at radius 3 is 2.24 bits per heavy atom. The third-order valence-electron chi connectivity index (χ3n) is 6.96. The molecule has 1 aromatic carbocycles. The highest BCUT2D eigenvalue weighted by Gasteiger charge is 2.60. The molecule has 1 saturated heterocycles. The molecule has 17 heteroatoms. The molecule has 1 aliphatic heterocycles. The van der Waals surface area contributed by atoms with Crippen LogP contribution in [0.3, 0.4) is 0 Å². The minimum absolute atomic E-state index is 0.0514. The number of fused-ring (bicyclic) bond motifs is 1. The minimum Gasteiger partial charge on any atom is -0.237 e. The fourth-order valence-electron chi connectivity index (χ4n) is 4.78. The molecule has 0 amide bonds. The van der Waals surface area contributed by atoms with Crippen LogP contribution < -0.4 is 4.72 Å². The number of pyridine rings is 1. The van der Waals surface area contributed by atoms with Gasteiger partial charge in [-0.15, -0.1) is 0 Å². The van der Waals surface area contributed by atoms with E-state index in [4.69, 9.17) is 0 Å².